The van der Waals surface area contributed by atoms with Crippen LogP contribution in [0.25, 0.3) is 0 Å². The SMILES string of the molecule is Cc1ccc(C(C)C(=O)NC2CC(CNC(=O)C3COc4ccccc43)C2)cc1. The van der Waals surface area contributed by atoms with Crippen LogP contribution in [0.2, 0.25) is 0 Å². The van der Waals surface area contributed by atoms with E-state index >= 15 is 0 Å². The molecule has 1 aliphatic heterocycles. The van der Waals surface area contributed by atoms with Gasteiger partial charge in [0.1, 0.15) is 18.3 Å². The van der Waals surface area contributed by atoms with Crippen LogP contribution < -0.4 is 15.4 Å². The van der Waals surface area contributed by atoms with Gasteiger partial charge in [-0.15, -0.1) is 0 Å². The molecule has 1 saturated carbocycles. The number of ether oxygens (including phenoxy) is 1. The lowest BCUT2D eigenvalue weighted by Crippen LogP contribution is -2.49. The molecule has 5 heteroatoms. The van der Waals surface area contributed by atoms with Gasteiger partial charge >= 0.3 is 0 Å². The number of para-hydroxylation sites is 1. The van der Waals surface area contributed by atoms with Gasteiger partial charge in [-0.2, -0.15) is 0 Å². The fourth-order valence-corrected chi connectivity index (χ4v) is 4.10. The van der Waals surface area contributed by atoms with Crippen molar-refractivity contribution in [2.24, 2.45) is 5.92 Å². The number of hydrogen-bond acceptors (Lipinski definition) is 3. The van der Waals surface area contributed by atoms with Crippen molar-refractivity contribution in [2.75, 3.05) is 13.2 Å². The van der Waals surface area contributed by atoms with Crippen LogP contribution in [-0.2, 0) is 9.59 Å². The number of aryl methyl sites for hydroxylation is 1. The van der Waals surface area contributed by atoms with Crippen LogP contribution in [0, 0.1) is 12.8 Å². The average molecular weight is 392 g/mol. The first-order chi connectivity index (χ1) is 14.0. The van der Waals surface area contributed by atoms with Crippen molar-refractivity contribution in [3.05, 3.63) is 65.2 Å². The fourth-order valence-electron chi connectivity index (χ4n) is 4.10. The molecule has 2 aromatic carbocycles. The fraction of sp³-hybridized carbons (Fsp3) is 0.417. The van der Waals surface area contributed by atoms with Gasteiger partial charge in [-0.25, -0.2) is 0 Å². The third kappa shape index (κ3) is 4.29. The monoisotopic (exact) mass is 392 g/mol. The van der Waals surface area contributed by atoms with Crippen LogP contribution in [-0.4, -0.2) is 31.0 Å². The third-order valence-corrected chi connectivity index (χ3v) is 6.13. The maximum Gasteiger partial charge on any atom is 0.231 e. The van der Waals surface area contributed by atoms with E-state index in [1.807, 2.05) is 62.4 Å². The highest BCUT2D eigenvalue weighted by Gasteiger charge is 2.34. The Balaban J connectivity index is 1.19. The topological polar surface area (TPSA) is 67.4 Å². The molecule has 2 aliphatic rings. The molecule has 2 aromatic rings. The molecule has 2 atom stereocenters. The van der Waals surface area contributed by atoms with Gasteiger partial charge in [0.2, 0.25) is 11.8 Å². The number of hydrogen-bond donors (Lipinski definition) is 2. The van der Waals surface area contributed by atoms with Crippen molar-refractivity contribution < 1.29 is 14.3 Å². The molecule has 5 nitrogen and oxygen atoms in total. The lowest BCUT2D eigenvalue weighted by atomic mass is 9.79. The summed E-state index contributed by atoms with van der Waals surface area (Å²) in [5.41, 5.74) is 3.20. The van der Waals surface area contributed by atoms with Crippen LogP contribution in [0.15, 0.2) is 48.5 Å². The summed E-state index contributed by atoms with van der Waals surface area (Å²) in [4.78, 5) is 25.0. The zero-order valence-electron chi connectivity index (χ0n) is 17.0. The van der Waals surface area contributed by atoms with Crippen molar-refractivity contribution in [1.82, 2.24) is 10.6 Å². The molecule has 4 rings (SSSR count). The second kappa shape index (κ2) is 8.27. The van der Waals surface area contributed by atoms with E-state index < -0.39 is 0 Å². The minimum atomic E-state index is -0.225. The summed E-state index contributed by atoms with van der Waals surface area (Å²) in [6.45, 7) is 5.04. The highest BCUT2D eigenvalue weighted by molar-refractivity contribution is 5.85. The Morgan fingerprint density at radius 3 is 2.59 bits per heavy atom. The average Bonchev–Trinajstić information content (AvgIpc) is 3.13. The van der Waals surface area contributed by atoms with E-state index in [1.165, 1.54) is 5.56 Å². The van der Waals surface area contributed by atoms with Crippen molar-refractivity contribution in [2.45, 2.75) is 44.6 Å². The van der Waals surface area contributed by atoms with E-state index in [0.717, 1.165) is 29.7 Å². The Bertz CT molecular complexity index is 887. The number of benzene rings is 2. The summed E-state index contributed by atoms with van der Waals surface area (Å²) >= 11 is 0. The summed E-state index contributed by atoms with van der Waals surface area (Å²) in [6.07, 6.45) is 1.81. The zero-order valence-corrected chi connectivity index (χ0v) is 17.0. The second-order valence-corrected chi connectivity index (χ2v) is 8.32. The van der Waals surface area contributed by atoms with Gasteiger partial charge in [0.05, 0.1) is 5.92 Å². The van der Waals surface area contributed by atoms with Crippen LogP contribution in [0.4, 0.5) is 0 Å². The van der Waals surface area contributed by atoms with E-state index in [4.69, 9.17) is 4.74 Å². The molecule has 2 amide bonds. The molecular formula is C24H28N2O3. The van der Waals surface area contributed by atoms with Gasteiger partial charge in [0, 0.05) is 18.2 Å². The van der Waals surface area contributed by atoms with Crippen LogP contribution in [0.3, 0.4) is 0 Å². The van der Waals surface area contributed by atoms with Gasteiger partial charge < -0.3 is 15.4 Å². The van der Waals surface area contributed by atoms with E-state index in [1.54, 1.807) is 0 Å². The molecule has 1 fully saturated rings. The summed E-state index contributed by atoms with van der Waals surface area (Å²) in [5.74, 6) is 0.934. The first-order valence-electron chi connectivity index (χ1n) is 10.4. The number of amides is 2. The first-order valence-corrected chi connectivity index (χ1v) is 10.4. The number of fused-ring (bicyclic) bond motifs is 1. The largest absolute Gasteiger partial charge is 0.492 e. The lowest BCUT2D eigenvalue weighted by Gasteiger charge is -2.36. The van der Waals surface area contributed by atoms with Crippen LogP contribution in [0.5, 0.6) is 5.75 Å². The van der Waals surface area contributed by atoms with Gasteiger partial charge in [0.15, 0.2) is 0 Å². The van der Waals surface area contributed by atoms with Crippen LogP contribution >= 0.6 is 0 Å². The van der Waals surface area contributed by atoms with Crippen molar-refractivity contribution >= 4 is 11.8 Å². The molecule has 152 valence electrons. The summed E-state index contributed by atoms with van der Waals surface area (Å²) in [6, 6.07) is 16.0. The van der Waals surface area contributed by atoms with Crippen molar-refractivity contribution in [3.63, 3.8) is 0 Å². The number of carbonyl (C=O) groups is 2. The molecule has 2 unspecified atom stereocenters. The Morgan fingerprint density at radius 1 is 1.10 bits per heavy atom. The molecule has 0 aromatic heterocycles. The molecular weight excluding hydrogens is 364 g/mol. The highest BCUT2D eigenvalue weighted by Crippen LogP contribution is 2.34. The Hall–Kier alpha value is -2.82. The van der Waals surface area contributed by atoms with Gasteiger partial charge in [-0.3, -0.25) is 9.59 Å². The van der Waals surface area contributed by atoms with E-state index in [-0.39, 0.29) is 29.7 Å². The Labute approximate surface area is 171 Å². The maximum atomic E-state index is 12.5. The molecule has 2 N–H and O–H groups in total. The molecule has 0 radical (unpaired) electrons. The Kier molecular flexibility index (Phi) is 5.56. The lowest BCUT2D eigenvalue weighted by molar-refractivity contribution is -0.125. The Morgan fingerprint density at radius 2 is 1.83 bits per heavy atom. The molecule has 29 heavy (non-hydrogen) atoms. The molecule has 1 aliphatic carbocycles. The molecule has 0 saturated heterocycles. The highest BCUT2D eigenvalue weighted by atomic mass is 16.5. The quantitative estimate of drug-likeness (QED) is 0.793. The minimum Gasteiger partial charge on any atom is -0.492 e. The number of nitrogens with one attached hydrogen (secondary N) is 2. The van der Waals surface area contributed by atoms with E-state index in [0.29, 0.717) is 19.1 Å². The molecule has 0 bridgehead atoms. The summed E-state index contributed by atoms with van der Waals surface area (Å²) in [5, 5.41) is 6.21. The van der Waals surface area contributed by atoms with E-state index in [9.17, 15) is 9.59 Å². The van der Waals surface area contributed by atoms with Crippen molar-refractivity contribution in [1.29, 1.82) is 0 Å². The van der Waals surface area contributed by atoms with Gasteiger partial charge in [-0.05, 0) is 44.2 Å². The number of rotatable bonds is 6. The van der Waals surface area contributed by atoms with Crippen LogP contribution in [0.1, 0.15) is 48.3 Å². The minimum absolute atomic E-state index is 0.0235. The number of carbonyl (C=O) groups excluding carboxylic acids is 2. The second-order valence-electron chi connectivity index (χ2n) is 8.32. The smallest absolute Gasteiger partial charge is 0.231 e. The summed E-state index contributed by atoms with van der Waals surface area (Å²) < 4.78 is 5.60. The van der Waals surface area contributed by atoms with E-state index in [2.05, 4.69) is 10.6 Å². The first kappa shape index (κ1) is 19.5. The normalized spacial score (nSPS) is 23.3. The predicted molar refractivity (Wildman–Crippen MR) is 112 cm³/mol. The maximum absolute atomic E-state index is 12.5. The predicted octanol–water partition coefficient (Wildman–Crippen LogP) is 3.29. The van der Waals surface area contributed by atoms with Gasteiger partial charge in [0.25, 0.3) is 0 Å². The summed E-state index contributed by atoms with van der Waals surface area (Å²) in [7, 11) is 0. The third-order valence-electron chi connectivity index (χ3n) is 6.13. The molecule has 1 heterocycles. The van der Waals surface area contributed by atoms with Crippen molar-refractivity contribution in [3.8, 4) is 5.75 Å². The van der Waals surface area contributed by atoms with Gasteiger partial charge in [-0.1, -0.05) is 48.0 Å². The molecule has 0 spiro atoms. The zero-order chi connectivity index (χ0) is 20.4. The standard InChI is InChI=1S/C24H28N2O3/c1-15-7-9-18(10-8-15)16(2)23(27)26-19-11-17(12-19)13-25-24(28)21-14-29-22-6-4-3-5-20(21)22/h3-10,16-17,19,21H,11-14H2,1-2H3,(H,25,28)(H,26,27).